The second-order valence-corrected chi connectivity index (χ2v) is 4.23. The number of cyclic esters (lactones) is 2. The molecule has 0 saturated heterocycles. The zero-order chi connectivity index (χ0) is 14.9. The SMILES string of the molecule is C(=C\c1ccccc1)/c1ccccc1.O=C1C=CC(=O)O1. The highest BCUT2D eigenvalue weighted by molar-refractivity contribution is 6.04. The summed E-state index contributed by atoms with van der Waals surface area (Å²) in [5.74, 6) is -1.16. The van der Waals surface area contributed by atoms with Crippen LogP contribution in [-0.2, 0) is 14.3 Å². The Kier molecular flexibility index (Phi) is 5.24. The van der Waals surface area contributed by atoms with Crippen LogP contribution in [0.3, 0.4) is 0 Å². The first kappa shape index (κ1) is 14.5. The maximum Gasteiger partial charge on any atom is 0.338 e. The Hall–Kier alpha value is -2.94. The van der Waals surface area contributed by atoms with Gasteiger partial charge in [-0.3, -0.25) is 0 Å². The van der Waals surface area contributed by atoms with Crippen LogP contribution in [0.15, 0.2) is 72.8 Å². The van der Waals surface area contributed by atoms with Gasteiger partial charge in [-0.2, -0.15) is 0 Å². The van der Waals surface area contributed by atoms with Gasteiger partial charge < -0.3 is 4.74 Å². The molecule has 0 bridgehead atoms. The van der Waals surface area contributed by atoms with Crippen LogP contribution in [0, 0.1) is 0 Å². The molecule has 1 heterocycles. The Morgan fingerprint density at radius 2 is 1.00 bits per heavy atom. The van der Waals surface area contributed by atoms with Crippen molar-refractivity contribution in [1.82, 2.24) is 0 Å². The lowest BCUT2D eigenvalue weighted by atomic mass is 10.1. The highest BCUT2D eigenvalue weighted by Crippen LogP contribution is 2.06. The van der Waals surface area contributed by atoms with Crippen LogP contribution in [0.4, 0.5) is 0 Å². The van der Waals surface area contributed by atoms with Crippen LogP contribution in [0.1, 0.15) is 11.1 Å². The fourth-order valence-electron chi connectivity index (χ4n) is 1.62. The molecule has 0 fully saturated rings. The maximum atomic E-state index is 9.92. The number of carbonyl (C=O) groups is 2. The fraction of sp³-hybridized carbons (Fsp3) is 0. The van der Waals surface area contributed by atoms with Gasteiger partial charge in [0.2, 0.25) is 0 Å². The van der Waals surface area contributed by atoms with Crippen molar-refractivity contribution in [1.29, 1.82) is 0 Å². The third-order valence-electron chi connectivity index (χ3n) is 2.62. The van der Waals surface area contributed by atoms with E-state index in [2.05, 4.69) is 41.2 Å². The Morgan fingerprint density at radius 3 is 1.29 bits per heavy atom. The van der Waals surface area contributed by atoms with Crippen molar-refractivity contribution in [3.8, 4) is 0 Å². The lowest BCUT2D eigenvalue weighted by Crippen LogP contribution is -1.96. The fourth-order valence-corrected chi connectivity index (χ4v) is 1.62. The lowest BCUT2D eigenvalue weighted by molar-refractivity contribution is -0.150. The standard InChI is InChI=1S/C14H12.C4H2O3/c1-3-7-13(8-4-1)11-12-14-9-5-2-6-10-14;5-3-1-2-4(6)7-3/h1-12H;1-2H/b12-11+;. The summed E-state index contributed by atoms with van der Waals surface area (Å²) in [5.41, 5.74) is 2.47. The van der Waals surface area contributed by atoms with Crippen molar-refractivity contribution < 1.29 is 14.3 Å². The van der Waals surface area contributed by atoms with Gasteiger partial charge in [-0.15, -0.1) is 0 Å². The first-order valence-electron chi connectivity index (χ1n) is 6.46. The molecule has 104 valence electrons. The molecule has 3 nitrogen and oxygen atoms in total. The van der Waals surface area contributed by atoms with E-state index in [1.54, 1.807) is 0 Å². The van der Waals surface area contributed by atoms with Crippen LogP contribution in [-0.4, -0.2) is 11.9 Å². The molecule has 0 spiro atoms. The molecule has 2 aromatic rings. The van der Waals surface area contributed by atoms with E-state index in [1.807, 2.05) is 36.4 Å². The topological polar surface area (TPSA) is 43.4 Å². The number of esters is 2. The molecule has 3 heteroatoms. The largest absolute Gasteiger partial charge is 0.387 e. The van der Waals surface area contributed by atoms with Crippen molar-refractivity contribution in [2.24, 2.45) is 0 Å². The summed E-state index contributed by atoms with van der Waals surface area (Å²) in [5, 5.41) is 0. The Labute approximate surface area is 123 Å². The minimum atomic E-state index is -0.579. The van der Waals surface area contributed by atoms with E-state index in [-0.39, 0.29) is 0 Å². The van der Waals surface area contributed by atoms with E-state index in [1.165, 1.54) is 11.1 Å². The Bertz CT molecular complexity index is 598. The Morgan fingerprint density at radius 1 is 0.619 bits per heavy atom. The summed E-state index contributed by atoms with van der Waals surface area (Å²) in [6.07, 6.45) is 6.41. The highest BCUT2D eigenvalue weighted by atomic mass is 16.6. The van der Waals surface area contributed by atoms with Crippen molar-refractivity contribution in [2.45, 2.75) is 0 Å². The van der Waals surface area contributed by atoms with Crippen LogP contribution in [0.25, 0.3) is 12.2 Å². The second-order valence-electron chi connectivity index (χ2n) is 4.23. The molecule has 0 saturated carbocycles. The number of benzene rings is 2. The van der Waals surface area contributed by atoms with Crippen LogP contribution in [0.5, 0.6) is 0 Å². The molecule has 21 heavy (non-hydrogen) atoms. The molecule has 1 aliphatic heterocycles. The molecule has 0 unspecified atom stereocenters. The summed E-state index contributed by atoms with van der Waals surface area (Å²) in [6, 6.07) is 20.6. The third-order valence-corrected chi connectivity index (χ3v) is 2.62. The normalized spacial score (nSPS) is 13.0. The average molecular weight is 278 g/mol. The van der Waals surface area contributed by atoms with Gasteiger partial charge in [0.05, 0.1) is 0 Å². The molecular formula is C18H14O3. The number of hydrogen-bond donors (Lipinski definition) is 0. The minimum absolute atomic E-state index is 0.579. The third kappa shape index (κ3) is 5.28. The molecule has 0 atom stereocenters. The summed E-state index contributed by atoms with van der Waals surface area (Å²) >= 11 is 0. The second kappa shape index (κ2) is 7.60. The zero-order valence-electron chi connectivity index (χ0n) is 11.3. The number of carbonyl (C=O) groups excluding carboxylic acids is 2. The van der Waals surface area contributed by atoms with Gasteiger partial charge in [-0.25, -0.2) is 9.59 Å². The van der Waals surface area contributed by atoms with Gasteiger partial charge in [0, 0.05) is 12.2 Å². The van der Waals surface area contributed by atoms with E-state index in [9.17, 15) is 9.59 Å². The summed E-state index contributed by atoms with van der Waals surface area (Å²) in [6.45, 7) is 0. The molecule has 0 amide bonds. The lowest BCUT2D eigenvalue weighted by Gasteiger charge is -1.92. The van der Waals surface area contributed by atoms with Crippen LogP contribution >= 0.6 is 0 Å². The smallest absolute Gasteiger partial charge is 0.338 e. The van der Waals surface area contributed by atoms with E-state index in [0.717, 1.165) is 12.2 Å². The predicted octanol–water partition coefficient (Wildman–Crippen LogP) is 3.48. The van der Waals surface area contributed by atoms with E-state index in [0.29, 0.717) is 0 Å². The van der Waals surface area contributed by atoms with Gasteiger partial charge in [-0.05, 0) is 11.1 Å². The predicted molar refractivity (Wildman–Crippen MR) is 82.1 cm³/mol. The minimum Gasteiger partial charge on any atom is -0.387 e. The monoisotopic (exact) mass is 278 g/mol. The van der Waals surface area contributed by atoms with Crippen molar-refractivity contribution in [2.75, 3.05) is 0 Å². The molecule has 0 radical (unpaired) electrons. The molecule has 0 aliphatic carbocycles. The molecule has 2 aromatic carbocycles. The van der Waals surface area contributed by atoms with E-state index < -0.39 is 11.9 Å². The first-order chi connectivity index (χ1) is 10.2. The molecular weight excluding hydrogens is 264 g/mol. The van der Waals surface area contributed by atoms with Crippen LogP contribution in [0.2, 0.25) is 0 Å². The molecule has 0 N–H and O–H groups in total. The summed E-state index contributed by atoms with van der Waals surface area (Å²) in [4.78, 5) is 19.8. The van der Waals surface area contributed by atoms with Crippen molar-refractivity contribution in [3.05, 3.63) is 83.9 Å². The molecule has 1 aliphatic rings. The summed E-state index contributed by atoms with van der Waals surface area (Å²) in [7, 11) is 0. The van der Waals surface area contributed by atoms with Crippen molar-refractivity contribution in [3.63, 3.8) is 0 Å². The van der Waals surface area contributed by atoms with E-state index in [4.69, 9.17) is 0 Å². The quantitative estimate of drug-likeness (QED) is 0.480. The van der Waals surface area contributed by atoms with E-state index >= 15 is 0 Å². The van der Waals surface area contributed by atoms with Gasteiger partial charge in [0.25, 0.3) is 0 Å². The maximum absolute atomic E-state index is 9.92. The number of hydrogen-bond acceptors (Lipinski definition) is 3. The zero-order valence-corrected chi connectivity index (χ0v) is 11.3. The molecule has 0 aromatic heterocycles. The average Bonchev–Trinajstić information content (AvgIpc) is 2.91. The molecule has 3 rings (SSSR count). The Balaban J connectivity index is 0.000000194. The van der Waals surface area contributed by atoms with Gasteiger partial charge in [0.15, 0.2) is 0 Å². The van der Waals surface area contributed by atoms with Gasteiger partial charge in [0.1, 0.15) is 0 Å². The van der Waals surface area contributed by atoms with Gasteiger partial charge >= 0.3 is 11.9 Å². The van der Waals surface area contributed by atoms with Crippen molar-refractivity contribution >= 4 is 24.1 Å². The number of rotatable bonds is 2. The first-order valence-corrected chi connectivity index (χ1v) is 6.46. The summed E-state index contributed by atoms with van der Waals surface area (Å²) < 4.78 is 3.97. The highest BCUT2D eigenvalue weighted by Gasteiger charge is 2.10. The van der Waals surface area contributed by atoms with Gasteiger partial charge in [-0.1, -0.05) is 72.8 Å². The van der Waals surface area contributed by atoms with Crippen LogP contribution < -0.4 is 0 Å². The number of ether oxygens (including phenoxy) is 1.